The first-order valence-corrected chi connectivity index (χ1v) is 7.98. The molecule has 1 fully saturated rings. The molecule has 0 aromatic heterocycles. The summed E-state index contributed by atoms with van der Waals surface area (Å²) in [6, 6.07) is 4.53. The van der Waals surface area contributed by atoms with Crippen molar-refractivity contribution in [3.8, 4) is 0 Å². The van der Waals surface area contributed by atoms with Gasteiger partial charge in [-0.3, -0.25) is 10.1 Å². The number of rotatable bonds is 6. The summed E-state index contributed by atoms with van der Waals surface area (Å²) in [7, 11) is 0. The van der Waals surface area contributed by atoms with Gasteiger partial charge in [-0.1, -0.05) is 19.4 Å². The van der Waals surface area contributed by atoms with Crippen LogP contribution in [0.2, 0.25) is 0 Å². The Labute approximate surface area is 127 Å². The zero-order valence-electron chi connectivity index (χ0n) is 11.7. The van der Waals surface area contributed by atoms with Crippen molar-refractivity contribution in [2.75, 3.05) is 11.1 Å². The Morgan fingerprint density at radius 2 is 2.29 bits per heavy atom. The average Bonchev–Trinajstić information content (AvgIpc) is 2.86. The zero-order chi connectivity index (χ0) is 15.4. The lowest BCUT2D eigenvalue weighted by Crippen LogP contribution is -2.26. The molecule has 2 rings (SSSR count). The first-order valence-electron chi connectivity index (χ1n) is 6.93. The number of para-hydroxylation sites is 1. The number of thioether (sulfide) groups is 1. The monoisotopic (exact) mass is 310 g/mol. The lowest BCUT2D eigenvalue weighted by atomic mass is 10.1. The van der Waals surface area contributed by atoms with E-state index < -0.39 is 10.9 Å². The van der Waals surface area contributed by atoms with Crippen LogP contribution in [0.15, 0.2) is 18.2 Å². The number of carboxylic acids is 1. The highest BCUT2D eigenvalue weighted by molar-refractivity contribution is 7.99. The van der Waals surface area contributed by atoms with Crippen molar-refractivity contribution in [3.63, 3.8) is 0 Å². The third-order valence-corrected chi connectivity index (χ3v) is 4.95. The van der Waals surface area contributed by atoms with E-state index in [1.54, 1.807) is 6.07 Å². The predicted octanol–water partition coefficient (Wildman–Crippen LogP) is 3.38. The van der Waals surface area contributed by atoms with Crippen molar-refractivity contribution < 1.29 is 14.8 Å². The van der Waals surface area contributed by atoms with E-state index >= 15 is 0 Å². The normalized spacial score (nSPS) is 21.2. The number of hydrogen-bond donors (Lipinski definition) is 2. The van der Waals surface area contributed by atoms with Crippen molar-refractivity contribution in [3.05, 3.63) is 33.9 Å². The Kier molecular flexibility index (Phi) is 5.06. The van der Waals surface area contributed by atoms with E-state index in [-0.39, 0.29) is 17.3 Å². The highest BCUT2D eigenvalue weighted by Gasteiger charge is 2.30. The van der Waals surface area contributed by atoms with Crippen LogP contribution in [0.3, 0.4) is 0 Å². The van der Waals surface area contributed by atoms with Crippen LogP contribution < -0.4 is 5.32 Å². The molecule has 0 amide bonds. The summed E-state index contributed by atoms with van der Waals surface area (Å²) in [6.07, 6.45) is 3.12. The molecule has 1 aliphatic rings. The third-order valence-electron chi connectivity index (χ3n) is 3.62. The molecule has 0 bridgehead atoms. The minimum Gasteiger partial charge on any atom is -0.477 e. The smallest absolute Gasteiger partial charge is 0.342 e. The Balaban J connectivity index is 2.29. The lowest BCUT2D eigenvalue weighted by Gasteiger charge is -2.21. The highest BCUT2D eigenvalue weighted by atomic mass is 32.2. The number of aromatic carboxylic acids is 1. The van der Waals surface area contributed by atoms with Gasteiger partial charge < -0.3 is 10.4 Å². The Bertz CT molecular complexity index is 550. The summed E-state index contributed by atoms with van der Waals surface area (Å²) in [5.74, 6) is -0.281. The third kappa shape index (κ3) is 3.47. The van der Waals surface area contributed by atoms with Crippen LogP contribution in [0.5, 0.6) is 0 Å². The molecule has 0 spiro atoms. The van der Waals surface area contributed by atoms with Crippen molar-refractivity contribution in [2.45, 2.75) is 37.5 Å². The van der Waals surface area contributed by atoms with Crippen LogP contribution in [0.4, 0.5) is 11.4 Å². The second-order valence-electron chi connectivity index (χ2n) is 4.94. The lowest BCUT2D eigenvalue weighted by molar-refractivity contribution is -0.384. The molecule has 0 aliphatic heterocycles. The molecule has 1 aromatic rings. The number of nitro groups is 1. The summed E-state index contributed by atoms with van der Waals surface area (Å²) in [5, 5.41) is 23.9. The van der Waals surface area contributed by atoms with Crippen LogP contribution in [0.1, 0.15) is 36.5 Å². The van der Waals surface area contributed by atoms with E-state index in [0.29, 0.717) is 10.9 Å². The molecule has 6 nitrogen and oxygen atoms in total. The van der Waals surface area contributed by atoms with Gasteiger partial charge in [0, 0.05) is 11.3 Å². The molecule has 0 heterocycles. The molecule has 2 unspecified atom stereocenters. The summed E-state index contributed by atoms with van der Waals surface area (Å²) in [6.45, 7) is 2.09. The summed E-state index contributed by atoms with van der Waals surface area (Å²) >= 11 is 1.84. The van der Waals surface area contributed by atoms with Gasteiger partial charge in [-0.15, -0.1) is 0 Å². The van der Waals surface area contributed by atoms with Crippen LogP contribution in [0, 0.1) is 10.1 Å². The van der Waals surface area contributed by atoms with E-state index in [1.807, 2.05) is 11.8 Å². The fraction of sp³-hybridized carbons (Fsp3) is 0.500. The maximum Gasteiger partial charge on any atom is 0.342 e. The SMILES string of the molecule is CCSC1CCCC1Nc1cccc(C(=O)O)c1[N+](=O)[O-]. The van der Waals surface area contributed by atoms with E-state index in [1.165, 1.54) is 12.1 Å². The topological polar surface area (TPSA) is 92.5 Å². The standard InChI is InChI=1S/C14H18N2O4S/c1-2-21-12-8-4-6-10(12)15-11-7-3-5-9(14(17)18)13(11)16(19)20/h3,5,7,10,12,15H,2,4,6,8H2,1H3,(H,17,18). The van der Waals surface area contributed by atoms with Gasteiger partial charge >= 0.3 is 11.7 Å². The molecular weight excluding hydrogens is 292 g/mol. The van der Waals surface area contributed by atoms with Crippen LogP contribution in [0.25, 0.3) is 0 Å². The molecule has 0 radical (unpaired) electrons. The molecule has 21 heavy (non-hydrogen) atoms. The first-order chi connectivity index (χ1) is 10.0. The number of carboxylic acid groups (broad SMARTS) is 1. The Hall–Kier alpha value is -1.76. The van der Waals surface area contributed by atoms with Gasteiger partial charge in [-0.05, 0) is 30.7 Å². The maximum atomic E-state index is 11.2. The van der Waals surface area contributed by atoms with Gasteiger partial charge in [-0.25, -0.2) is 4.79 Å². The fourth-order valence-electron chi connectivity index (χ4n) is 2.73. The van der Waals surface area contributed by atoms with E-state index in [9.17, 15) is 14.9 Å². The minimum absolute atomic E-state index is 0.151. The Morgan fingerprint density at radius 3 is 2.90 bits per heavy atom. The molecule has 1 saturated carbocycles. The van der Waals surface area contributed by atoms with Gasteiger partial charge in [0.2, 0.25) is 0 Å². The van der Waals surface area contributed by atoms with Crippen molar-refractivity contribution in [1.82, 2.24) is 0 Å². The van der Waals surface area contributed by atoms with Crippen molar-refractivity contribution in [1.29, 1.82) is 0 Å². The number of anilines is 1. The van der Waals surface area contributed by atoms with Crippen LogP contribution in [-0.2, 0) is 0 Å². The second-order valence-corrected chi connectivity index (χ2v) is 6.46. The summed E-state index contributed by atoms with van der Waals surface area (Å²) in [5.41, 5.74) is -0.326. The Morgan fingerprint density at radius 1 is 1.52 bits per heavy atom. The summed E-state index contributed by atoms with van der Waals surface area (Å²) in [4.78, 5) is 21.7. The van der Waals surface area contributed by atoms with E-state index in [2.05, 4.69) is 12.2 Å². The first kappa shape index (κ1) is 15.6. The van der Waals surface area contributed by atoms with Crippen LogP contribution in [-0.4, -0.2) is 33.0 Å². The van der Waals surface area contributed by atoms with Crippen LogP contribution >= 0.6 is 11.8 Å². The molecule has 2 N–H and O–H groups in total. The van der Waals surface area contributed by atoms with Gasteiger partial charge in [0.15, 0.2) is 0 Å². The minimum atomic E-state index is -1.28. The van der Waals surface area contributed by atoms with Gasteiger partial charge in [0.25, 0.3) is 0 Å². The van der Waals surface area contributed by atoms with Gasteiger partial charge in [0.1, 0.15) is 11.3 Å². The molecule has 2 atom stereocenters. The molecular formula is C14H18N2O4S. The average molecular weight is 310 g/mol. The maximum absolute atomic E-state index is 11.2. The number of benzene rings is 1. The van der Waals surface area contributed by atoms with Gasteiger partial charge in [0.05, 0.1) is 4.92 Å². The largest absolute Gasteiger partial charge is 0.477 e. The highest BCUT2D eigenvalue weighted by Crippen LogP contribution is 2.35. The molecule has 7 heteroatoms. The summed E-state index contributed by atoms with van der Waals surface area (Å²) < 4.78 is 0. The van der Waals surface area contributed by atoms with Crippen molar-refractivity contribution >= 4 is 29.1 Å². The number of carbonyl (C=O) groups is 1. The molecule has 1 aromatic carbocycles. The zero-order valence-corrected chi connectivity index (χ0v) is 12.6. The van der Waals surface area contributed by atoms with E-state index in [4.69, 9.17) is 5.11 Å². The fourth-order valence-corrected chi connectivity index (χ4v) is 3.93. The molecule has 114 valence electrons. The van der Waals surface area contributed by atoms with E-state index in [0.717, 1.165) is 25.0 Å². The number of nitrogens with one attached hydrogen (secondary N) is 1. The predicted molar refractivity (Wildman–Crippen MR) is 83.2 cm³/mol. The molecule has 1 aliphatic carbocycles. The van der Waals surface area contributed by atoms with Crippen molar-refractivity contribution in [2.24, 2.45) is 0 Å². The second kappa shape index (κ2) is 6.80. The quantitative estimate of drug-likeness (QED) is 0.618. The number of nitrogens with zero attached hydrogens (tertiary/aromatic N) is 1. The number of nitro benzene ring substituents is 1. The molecule has 0 saturated heterocycles. The number of hydrogen-bond acceptors (Lipinski definition) is 5. The van der Waals surface area contributed by atoms with Gasteiger partial charge in [-0.2, -0.15) is 11.8 Å².